The number of aliphatic hydroxyl groups excluding tert-OH is 1. The summed E-state index contributed by atoms with van der Waals surface area (Å²) < 4.78 is 13.5. The van der Waals surface area contributed by atoms with E-state index >= 15 is 0 Å². The number of fused-ring (bicyclic) bond motifs is 1. The molecule has 4 N–H and O–H groups in total. The minimum absolute atomic E-state index is 0.000455. The molecule has 1 heterocycles. The lowest BCUT2D eigenvalue weighted by atomic mass is 9.97. The van der Waals surface area contributed by atoms with Gasteiger partial charge in [-0.1, -0.05) is 110 Å². The average Bonchev–Trinajstić information content (AvgIpc) is 3.23. The van der Waals surface area contributed by atoms with Gasteiger partial charge in [0.05, 0.1) is 18.8 Å². The van der Waals surface area contributed by atoms with Crippen LogP contribution in [0.2, 0.25) is 0 Å². The summed E-state index contributed by atoms with van der Waals surface area (Å²) in [5.74, 6) is -0.382. The molecule has 9 nitrogen and oxygen atoms in total. The lowest BCUT2D eigenvalue weighted by Gasteiger charge is -2.39. The summed E-state index contributed by atoms with van der Waals surface area (Å²) in [5, 5.41) is 23.7. The Hall–Kier alpha value is -4.90. The molecule has 1 saturated heterocycles. The number of rotatable bonds is 17. The first-order valence-electron chi connectivity index (χ1n) is 19.4. The summed E-state index contributed by atoms with van der Waals surface area (Å²) in [6.07, 6.45) is 3.66. The van der Waals surface area contributed by atoms with Crippen molar-refractivity contribution in [3.05, 3.63) is 143 Å². The molecule has 4 atom stereocenters. The van der Waals surface area contributed by atoms with Gasteiger partial charge in [-0.3, -0.25) is 19.7 Å². The van der Waals surface area contributed by atoms with Crippen LogP contribution >= 0.6 is 0 Å². The quantitative estimate of drug-likeness (QED) is 0.0427. The van der Waals surface area contributed by atoms with Gasteiger partial charge >= 0.3 is 0 Å². The molecule has 0 bridgehead atoms. The lowest BCUT2D eigenvalue weighted by Crippen LogP contribution is -2.38. The van der Waals surface area contributed by atoms with E-state index in [0.717, 1.165) is 59.2 Å². The summed E-state index contributed by atoms with van der Waals surface area (Å²) in [5.41, 5.74) is 8.82. The predicted octanol–water partition coefficient (Wildman–Crippen LogP) is 8.70. The average molecular weight is 744 g/mol. The first-order chi connectivity index (χ1) is 26.8. The van der Waals surface area contributed by atoms with Gasteiger partial charge in [0.15, 0.2) is 6.29 Å². The first-order valence-corrected chi connectivity index (χ1v) is 19.4. The second kappa shape index (κ2) is 19.6. The van der Waals surface area contributed by atoms with Crippen molar-refractivity contribution in [1.29, 1.82) is 0 Å². The summed E-state index contributed by atoms with van der Waals surface area (Å²) in [7, 11) is 2.15. The minimum atomic E-state index is -0.583. The Labute approximate surface area is 324 Å². The summed E-state index contributed by atoms with van der Waals surface area (Å²) in [4.78, 5) is 26.0. The molecule has 0 saturated carbocycles. The number of hydrogen-bond acceptors (Lipinski definition) is 7. The van der Waals surface area contributed by atoms with E-state index in [1.54, 1.807) is 5.48 Å². The highest BCUT2D eigenvalue weighted by molar-refractivity contribution is 5.83. The Kier molecular flexibility index (Phi) is 14.2. The molecule has 1 aliphatic rings. The normalized spacial score (nSPS) is 17.6. The van der Waals surface area contributed by atoms with Gasteiger partial charge in [-0.05, 0) is 89.2 Å². The third-order valence-electron chi connectivity index (χ3n) is 10.6. The summed E-state index contributed by atoms with van der Waals surface area (Å²) in [6, 6.07) is 39.8. The number of carbonyl (C=O) groups is 2. The smallest absolute Gasteiger partial charge is 0.243 e. The van der Waals surface area contributed by atoms with Crippen LogP contribution in [0.15, 0.2) is 115 Å². The zero-order valence-corrected chi connectivity index (χ0v) is 31.8. The van der Waals surface area contributed by atoms with Crippen LogP contribution in [-0.2, 0) is 32.2 Å². The first kappa shape index (κ1) is 39.8. The number of nitrogens with one attached hydrogen (secondary N) is 2. The fraction of sp³-hybridized carbons (Fsp3) is 0.348. The van der Waals surface area contributed by atoms with Crippen molar-refractivity contribution in [2.75, 3.05) is 13.6 Å². The molecule has 0 radical (unpaired) electrons. The molecule has 2 amide bonds. The molecule has 288 valence electrons. The number of aliphatic hydroxyl groups is 1. The fourth-order valence-electron chi connectivity index (χ4n) is 7.23. The van der Waals surface area contributed by atoms with Crippen LogP contribution in [0.4, 0.5) is 0 Å². The monoisotopic (exact) mass is 743 g/mol. The lowest BCUT2D eigenvalue weighted by molar-refractivity contribution is -0.253. The van der Waals surface area contributed by atoms with Gasteiger partial charge in [0.2, 0.25) is 11.8 Å². The van der Waals surface area contributed by atoms with Crippen molar-refractivity contribution in [2.45, 2.75) is 89.6 Å². The number of ether oxygens (including phenoxy) is 2. The zero-order chi connectivity index (χ0) is 38.6. The van der Waals surface area contributed by atoms with Crippen molar-refractivity contribution in [3.8, 4) is 11.1 Å². The minimum Gasteiger partial charge on any atom is -0.392 e. The van der Waals surface area contributed by atoms with Crippen LogP contribution in [0.3, 0.4) is 0 Å². The number of hydroxylamine groups is 1. The van der Waals surface area contributed by atoms with Crippen molar-refractivity contribution in [1.82, 2.24) is 15.7 Å². The van der Waals surface area contributed by atoms with Gasteiger partial charge in [0, 0.05) is 44.0 Å². The number of carbonyl (C=O) groups excluding carboxylic acids is 2. The van der Waals surface area contributed by atoms with Gasteiger partial charge in [-0.2, -0.15) is 0 Å². The molecule has 6 rings (SSSR count). The standard InChI is InChI=1S/C46H53N3O6/c1-32(37-24-23-35-12-7-8-13-39(35)26-37)49(2)30-42-28-43(36-21-19-33(31-50)20-22-36)55-46(54-42)41-16-10-15-40(27-41)38-14-9-11-34(25-38)29-47-44(51)17-5-3-4-6-18-45(52)48-53/h7-16,19-27,32,42-43,46,50,53H,3-6,17-18,28-31H2,1-2H3,(H,47,51)(H,48,52). The molecule has 9 heteroatoms. The third-order valence-corrected chi connectivity index (χ3v) is 10.6. The molecule has 5 aromatic carbocycles. The molecule has 0 aromatic heterocycles. The van der Waals surface area contributed by atoms with Crippen molar-refractivity contribution in [3.63, 3.8) is 0 Å². The highest BCUT2D eigenvalue weighted by Gasteiger charge is 2.33. The van der Waals surface area contributed by atoms with E-state index in [1.807, 2.05) is 42.5 Å². The Bertz CT molecular complexity index is 2020. The highest BCUT2D eigenvalue weighted by Crippen LogP contribution is 2.39. The largest absolute Gasteiger partial charge is 0.392 e. The molecule has 0 spiro atoms. The SMILES string of the molecule is CC(c1ccc2ccccc2c1)N(C)CC1CC(c2ccc(CO)cc2)OC(c2cccc(-c3cccc(CNC(=O)CCCCCCC(=O)NO)c3)c2)O1. The number of likely N-dealkylation sites (N-methyl/N-ethyl adjacent to an activating group) is 1. The maximum absolute atomic E-state index is 12.5. The second-order valence-electron chi connectivity index (χ2n) is 14.6. The van der Waals surface area contributed by atoms with Gasteiger partial charge in [-0.25, -0.2) is 5.48 Å². The number of benzene rings is 5. The van der Waals surface area contributed by atoms with E-state index in [-0.39, 0.29) is 43.1 Å². The van der Waals surface area contributed by atoms with E-state index in [1.165, 1.54) is 16.3 Å². The highest BCUT2D eigenvalue weighted by atomic mass is 16.7. The maximum atomic E-state index is 12.5. The summed E-state index contributed by atoms with van der Waals surface area (Å²) >= 11 is 0. The maximum Gasteiger partial charge on any atom is 0.243 e. The van der Waals surface area contributed by atoms with Crippen LogP contribution in [0.1, 0.15) is 98.1 Å². The Morgan fingerprint density at radius 2 is 1.45 bits per heavy atom. The van der Waals surface area contributed by atoms with Crippen molar-refractivity contribution < 1.29 is 29.4 Å². The number of hydrogen-bond donors (Lipinski definition) is 4. The van der Waals surface area contributed by atoms with Crippen LogP contribution in [0, 0.1) is 0 Å². The molecule has 1 fully saturated rings. The van der Waals surface area contributed by atoms with Gasteiger partial charge in [0.25, 0.3) is 0 Å². The third kappa shape index (κ3) is 11.1. The number of unbranched alkanes of at least 4 members (excludes halogenated alkanes) is 3. The molecular formula is C46H53N3O6. The molecule has 0 aliphatic carbocycles. The van der Waals surface area contributed by atoms with E-state index in [0.29, 0.717) is 25.8 Å². The molecule has 5 aromatic rings. The second-order valence-corrected chi connectivity index (χ2v) is 14.6. The van der Waals surface area contributed by atoms with E-state index in [4.69, 9.17) is 14.7 Å². The van der Waals surface area contributed by atoms with Gasteiger partial charge < -0.3 is 19.9 Å². The van der Waals surface area contributed by atoms with Crippen LogP contribution < -0.4 is 10.8 Å². The van der Waals surface area contributed by atoms with Gasteiger partial charge in [-0.15, -0.1) is 0 Å². The summed E-state index contributed by atoms with van der Waals surface area (Å²) in [6.45, 7) is 3.38. The Morgan fingerprint density at radius 3 is 2.20 bits per heavy atom. The fourth-order valence-corrected chi connectivity index (χ4v) is 7.23. The van der Waals surface area contributed by atoms with Gasteiger partial charge in [0.1, 0.15) is 0 Å². The number of amides is 2. The van der Waals surface area contributed by atoms with Crippen LogP contribution in [-0.4, -0.2) is 46.7 Å². The van der Waals surface area contributed by atoms with E-state index in [9.17, 15) is 14.7 Å². The zero-order valence-electron chi connectivity index (χ0n) is 31.8. The Morgan fingerprint density at radius 1 is 0.745 bits per heavy atom. The molecule has 4 unspecified atom stereocenters. The predicted molar refractivity (Wildman–Crippen MR) is 215 cm³/mol. The van der Waals surface area contributed by atoms with Crippen LogP contribution in [0.5, 0.6) is 0 Å². The van der Waals surface area contributed by atoms with Crippen molar-refractivity contribution in [2.24, 2.45) is 0 Å². The van der Waals surface area contributed by atoms with Crippen molar-refractivity contribution >= 4 is 22.6 Å². The molecule has 1 aliphatic heterocycles. The molecule has 55 heavy (non-hydrogen) atoms. The Balaban J connectivity index is 1.12. The number of nitrogens with zero attached hydrogens (tertiary/aromatic N) is 1. The van der Waals surface area contributed by atoms with E-state index < -0.39 is 6.29 Å². The van der Waals surface area contributed by atoms with Crippen LogP contribution in [0.25, 0.3) is 21.9 Å². The molecular weight excluding hydrogens is 691 g/mol. The van der Waals surface area contributed by atoms with E-state index in [2.05, 4.69) is 97.0 Å². The topological polar surface area (TPSA) is 120 Å².